The fraction of sp³-hybridized carbons (Fsp3) is 0.120. The number of para-hydroxylation sites is 1. The van der Waals surface area contributed by atoms with E-state index in [1.807, 2.05) is 0 Å². The SMILES string of the molecule is COc1ccccc1C(=O)c1cn(CC(=O)Nc2cccc(F)c2)c2nc(C)ccc2c1=O. The van der Waals surface area contributed by atoms with Gasteiger partial charge in [-0.1, -0.05) is 18.2 Å². The maximum absolute atomic E-state index is 13.5. The summed E-state index contributed by atoms with van der Waals surface area (Å²) in [7, 11) is 1.44. The second-order valence-corrected chi connectivity index (χ2v) is 7.41. The second kappa shape index (κ2) is 9.04. The van der Waals surface area contributed by atoms with Crippen LogP contribution in [0.1, 0.15) is 21.6 Å². The molecule has 2 aromatic heterocycles. The minimum absolute atomic E-state index is 0.115. The van der Waals surface area contributed by atoms with Gasteiger partial charge in [0.2, 0.25) is 17.1 Å². The van der Waals surface area contributed by atoms with Gasteiger partial charge in [0.15, 0.2) is 0 Å². The molecule has 0 aliphatic heterocycles. The zero-order valence-corrected chi connectivity index (χ0v) is 18.0. The number of carbonyl (C=O) groups is 2. The highest BCUT2D eigenvalue weighted by atomic mass is 19.1. The van der Waals surface area contributed by atoms with Crippen LogP contribution in [0.15, 0.2) is 71.7 Å². The Morgan fingerprint density at radius 3 is 2.61 bits per heavy atom. The standard InChI is InChI=1S/C25H20FN3O4/c1-15-10-11-19-24(32)20(23(31)18-8-3-4-9-21(18)33-2)13-29(25(19)27-15)14-22(30)28-17-7-5-6-16(26)12-17/h3-13H,14H2,1-2H3,(H,28,30). The highest BCUT2D eigenvalue weighted by Gasteiger charge is 2.21. The zero-order chi connectivity index (χ0) is 23.5. The van der Waals surface area contributed by atoms with Crippen LogP contribution < -0.4 is 15.5 Å². The van der Waals surface area contributed by atoms with E-state index in [9.17, 15) is 18.8 Å². The number of amides is 1. The largest absolute Gasteiger partial charge is 0.496 e. The maximum atomic E-state index is 13.5. The van der Waals surface area contributed by atoms with Gasteiger partial charge in [-0.2, -0.15) is 0 Å². The molecule has 0 radical (unpaired) electrons. The normalized spacial score (nSPS) is 10.8. The molecule has 0 spiro atoms. The Morgan fingerprint density at radius 2 is 1.85 bits per heavy atom. The Morgan fingerprint density at radius 1 is 1.06 bits per heavy atom. The number of ketones is 1. The van der Waals surface area contributed by atoms with Gasteiger partial charge in [0, 0.05) is 17.6 Å². The molecular formula is C25H20FN3O4. The summed E-state index contributed by atoms with van der Waals surface area (Å²) in [5.74, 6) is -1.15. The van der Waals surface area contributed by atoms with Crippen molar-refractivity contribution in [1.82, 2.24) is 9.55 Å². The highest BCUT2D eigenvalue weighted by Crippen LogP contribution is 2.21. The third-order valence-corrected chi connectivity index (χ3v) is 5.08. The summed E-state index contributed by atoms with van der Waals surface area (Å²) in [6.07, 6.45) is 1.33. The Kier molecular flexibility index (Phi) is 5.99. The third kappa shape index (κ3) is 4.50. The number of anilines is 1. The van der Waals surface area contributed by atoms with Crippen LogP contribution in [0.2, 0.25) is 0 Å². The van der Waals surface area contributed by atoms with Crippen LogP contribution in [-0.2, 0) is 11.3 Å². The number of nitrogens with zero attached hydrogens (tertiary/aromatic N) is 2. The molecule has 1 N–H and O–H groups in total. The van der Waals surface area contributed by atoms with E-state index < -0.39 is 22.9 Å². The van der Waals surface area contributed by atoms with E-state index in [1.165, 1.54) is 36.1 Å². The topological polar surface area (TPSA) is 90.3 Å². The summed E-state index contributed by atoms with van der Waals surface area (Å²) in [6.45, 7) is 1.52. The fourth-order valence-corrected chi connectivity index (χ4v) is 3.54. The van der Waals surface area contributed by atoms with Gasteiger partial charge in [0.1, 0.15) is 23.8 Å². The molecule has 0 saturated heterocycles. The van der Waals surface area contributed by atoms with E-state index >= 15 is 0 Å². The summed E-state index contributed by atoms with van der Waals surface area (Å²) >= 11 is 0. The molecule has 0 bridgehead atoms. The number of nitrogens with one attached hydrogen (secondary N) is 1. The number of aryl methyl sites for hydroxylation is 1. The first kappa shape index (κ1) is 21.9. The number of aromatic nitrogens is 2. The monoisotopic (exact) mass is 445 g/mol. The number of hydrogen-bond donors (Lipinski definition) is 1. The van der Waals surface area contributed by atoms with Gasteiger partial charge in [-0.3, -0.25) is 14.4 Å². The molecule has 0 fully saturated rings. The van der Waals surface area contributed by atoms with E-state index in [0.717, 1.165) is 0 Å². The fourth-order valence-electron chi connectivity index (χ4n) is 3.54. The summed E-state index contributed by atoms with van der Waals surface area (Å²) in [5.41, 5.74) is 0.828. The van der Waals surface area contributed by atoms with E-state index in [-0.39, 0.29) is 28.7 Å². The van der Waals surface area contributed by atoms with Crippen molar-refractivity contribution >= 4 is 28.4 Å². The number of halogens is 1. The second-order valence-electron chi connectivity index (χ2n) is 7.41. The minimum Gasteiger partial charge on any atom is -0.496 e. The average Bonchev–Trinajstić information content (AvgIpc) is 2.80. The summed E-state index contributed by atoms with van der Waals surface area (Å²) in [4.78, 5) is 43.5. The lowest BCUT2D eigenvalue weighted by atomic mass is 10.0. The molecule has 2 aromatic carbocycles. The molecule has 4 aromatic rings. The van der Waals surface area contributed by atoms with Gasteiger partial charge < -0.3 is 14.6 Å². The Balaban J connectivity index is 1.79. The first-order valence-electron chi connectivity index (χ1n) is 10.1. The summed E-state index contributed by atoms with van der Waals surface area (Å²) in [6, 6.07) is 15.3. The summed E-state index contributed by atoms with van der Waals surface area (Å²) in [5, 5.41) is 2.82. The van der Waals surface area contributed by atoms with Crippen molar-refractivity contribution in [2.24, 2.45) is 0 Å². The lowest BCUT2D eigenvalue weighted by Gasteiger charge is -2.14. The molecule has 4 rings (SSSR count). The highest BCUT2D eigenvalue weighted by molar-refractivity contribution is 6.11. The number of methoxy groups -OCH3 is 1. The Bertz CT molecular complexity index is 1450. The quantitative estimate of drug-likeness (QED) is 0.457. The first-order valence-corrected chi connectivity index (χ1v) is 10.1. The van der Waals surface area contributed by atoms with Gasteiger partial charge in [0.25, 0.3) is 0 Å². The molecular weight excluding hydrogens is 425 g/mol. The molecule has 33 heavy (non-hydrogen) atoms. The number of fused-ring (bicyclic) bond motifs is 1. The van der Waals surface area contributed by atoms with Crippen molar-refractivity contribution in [2.75, 3.05) is 12.4 Å². The molecule has 1 amide bonds. The molecule has 0 aliphatic rings. The number of benzene rings is 2. The molecule has 0 atom stereocenters. The van der Waals surface area contributed by atoms with Crippen molar-refractivity contribution in [3.63, 3.8) is 0 Å². The number of ether oxygens (including phenoxy) is 1. The van der Waals surface area contributed by atoms with Crippen molar-refractivity contribution in [3.05, 3.63) is 99.7 Å². The van der Waals surface area contributed by atoms with Crippen LogP contribution >= 0.6 is 0 Å². The van der Waals surface area contributed by atoms with Gasteiger partial charge in [-0.25, -0.2) is 9.37 Å². The van der Waals surface area contributed by atoms with Crippen molar-refractivity contribution in [3.8, 4) is 5.75 Å². The molecule has 166 valence electrons. The molecule has 7 nitrogen and oxygen atoms in total. The van der Waals surface area contributed by atoms with E-state index in [1.54, 1.807) is 49.4 Å². The molecule has 0 aliphatic carbocycles. The van der Waals surface area contributed by atoms with Crippen LogP contribution in [0.3, 0.4) is 0 Å². The minimum atomic E-state index is -0.529. The molecule has 8 heteroatoms. The Hall–Kier alpha value is -4.33. The van der Waals surface area contributed by atoms with Crippen LogP contribution in [0.25, 0.3) is 11.0 Å². The smallest absolute Gasteiger partial charge is 0.244 e. The molecule has 0 saturated carbocycles. The van der Waals surface area contributed by atoms with Gasteiger partial charge >= 0.3 is 0 Å². The van der Waals surface area contributed by atoms with Crippen LogP contribution in [-0.4, -0.2) is 28.4 Å². The predicted octanol–water partition coefficient (Wildman–Crippen LogP) is 3.72. The lowest BCUT2D eigenvalue weighted by Crippen LogP contribution is -2.25. The molecule has 2 heterocycles. The van der Waals surface area contributed by atoms with E-state index in [2.05, 4.69) is 10.3 Å². The van der Waals surface area contributed by atoms with Crippen molar-refractivity contribution < 1.29 is 18.7 Å². The van der Waals surface area contributed by atoms with E-state index in [4.69, 9.17) is 4.74 Å². The molecule has 0 unspecified atom stereocenters. The first-order chi connectivity index (χ1) is 15.9. The van der Waals surface area contributed by atoms with E-state index in [0.29, 0.717) is 17.1 Å². The Labute approximate surface area is 188 Å². The third-order valence-electron chi connectivity index (χ3n) is 5.08. The van der Waals surface area contributed by atoms with Crippen molar-refractivity contribution in [2.45, 2.75) is 13.5 Å². The van der Waals surface area contributed by atoms with Crippen LogP contribution in [0, 0.1) is 12.7 Å². The number of carbonyl (C=O) groups excluding carboxylic acids is 2. The van der Waals surface area contributed by atoms with Gasteiger partial charge in [-0.05, 0) is 49.4 Å². The number of rotatable bonds is 6. The predicted molar refractivity (Wildman–Crippen MR) is 122 cm³/mol. The average molecular weight is 445 g/mol. The van der Waals surface area contributed by atoms with Gasteiger partial charge in [-0.15, -0.1) is 0 Å². The number of pyridine rings is 2. The maximum Gasteiger partial charge on any atom is 0.244 e. The lowest BCUT2D eigenvalue weighted by molar-refractivity contribution is -0.116. The zero-order valence-electron chi connectivity index (χ0n) is 18.0. The van der Waals surface area contributed by atoms with Crippen LogP contribution in [0.4, 0.5) is 10.1 Å². The number of hydrogen-bond acceptors (Lipinski definition) is 5. The van der Waals surface area contributed by atoms with Gasteiger partial charge in [0.05, 0.1) is 23.6 Å². The van der Waals surface area contributed by atoms with Crippen LogP contribution in [0.5, 0.6) is 5.75 Å². The van der Waals surface area contributed by atoms with Crippen molar-refractivity contribution in [1.29, 1.82) is 0 Å². The summed E-state index contributed by atoms with van der Waals surface area (Å²) < 4.78 is 20.2.